The second-order valence-electron chi connectivity index (χ2n) is 9.43. The van der Waals surface area contributed by atoms with E-state index in [9.17, 15) is 0 Å². The molecular weight excluding hydrogens is 553 g/mol. The van der Waals surface area contributed by atoms with Crippen molar-refractivity contribution in [3.05, 3.63) is 154 Å². The Hall–Kier alpha value is -3.83. The fraction of sp³-hybridized carbons (Fsp3) is 0.0588. The Kier molecular flexibility index (Phi) is 8.01. The van der Waals surface area contributed by atoms with Crippen LogP contribution in [0.15, 0.2) is 147 Å². The summed E-state index contributed by atoms with van der Waals surface area (Å²) in [6, 6.07) is 43.1. The lowest BCUT2D eigenvalue weighted by Crippen LogP contribution is -2.18. The Morgan fingerprint density at radius 2 is 1.30 bits per heavy atom. The molecule has 0 radical (unpaired) electrons. The van der Waals surface area contributed by atoms with Gasteiger partial charge in [-0.15, -0.1) is 0 Å². The van der Waals surface area contributed by atoms with Gasteiger partial charge in [0.1, 0.15) is 0 Å². The second-order valence-corrected chi connectivity index (χ2v) is 11.4. The average molecular weight is 579 g/mol. The molecule has 0 aliphatic carbocycles. The molecule has 6 rings (SSSR count). The van der Waals surface area contributed by atoms with Gasteiger partial charge in [0, 0.05) is 32.5 Å². The van der Waals surface area contributed by atoms with Crippen LogP contribution in [-0.4, -0.2) is 11.9 Å². The first-order valence-corrected chi connectivity index (χ1v) is 14.5. The fourth-order valence-electron chi connectivity index (χ4n) is 4.60. The topological polar surface area (TPSA) is 28.0 Å². The minimum Gasteiger partial charge on any atom is -0.257 e. The third-order valence-corrected chi connectivity index (χ3v) is 8.20. The van der Waals surface area contributed by atoms with Crippen molar-refractivity contribution < 1.29 is 0 Å². The molecule has 0 saturated heterocycles. The van der Waals surface area contributed by atoms with Crippen LogP contribution >= 0.6 is 35.0 Å². The molecule has 1 heterocycles. The van der Waals surface area contributed by atoms with Crippen LogP contribution in [0, 0.1) is 0 Å². The molecule has 3 nitrogen and oxygen atoms in total. The quantitative estimate of drug-likeness (QED) is 0.180. The van der Waals surface area contributed by atoms with Gasteiger partial charge in [0.2, 0.25) is 0 Å². The number of anilines is 1. The molecule has 0 amide bonds. The predicted octanol–water partition coefficient (Wildman–Crippen LogP) is 10.3. The van der Waals surface area contributed by atoms with Gasteiger partial charge in [0.15, 0.2) is 0 Å². The second kappa shape index (κ2) is 12.1. The minimum absolute atomic E-state index is 0.115. The molecule has 6 heteroatoms. The van der Waals surface area contributed by atoms with E-state index < -0.39 is 0 Å². The van der Waals surface area contributed by atoms with E-state index in [4.69, 9.17) is 28.3 Å². The van der Waals surface area contributed by atoms with Gasteiger partial charge < -0.3 is 0 Å². The monoisotopic (exact) mass is 577 g/mol. The number of hydrogen-bond acceptors (Lipinski definition) is 4. The van der Waals surface area contributed by atoms with Crippen LogP contribution in [-0.2, 0) is 0 Å². The zero-order valence-electron chi connectivity index (χ0n) is 21.5. The van der Waals surface area contributed by atoms with Crippen molar-refractivity contribution in [2.24, 2.45) is 10.1 Å². The average Bonchev–Trinajstić information content (AvgIpc) is 3.44. The smallest absolute Gasteiger partial charge is 0.0831 e. The van der Waals surface area contributed by atoms with E-state index >= 15 is 0 Å². The molecule has 1 aliphatic rings. The summed E-state index contributed by atoms with van der Waals surface area (Å²) in [5.74, 6) is 0. The number of para-hydroxylation sites is 1. The Labute approximate surface area is 248 Å². The van der Waals surface area contributed by atoms with Gasteiger partial charge in [-0.05, 0) is 89.5 Å². The fourth-order valence-corrected chi connectivity index (χ4v) is 5.67. The molecule has 5 aromatic carbocycles. The van der Waals surface area contributed by atoms with Gasteiger partial charge >= 0.3 is 0 Å². The third kappa shape index (κ3) is 6.31. The Morgan fingerprint density at radius 3 is 1.95 bits per heavy atom. The lowest BCUT2D eigenvalue weighted by atomic mass is 9.98. The van der Waals surface area contributed by atoms with Gasteiger partial charge in [-0.2, -0.15) is 5.10 Å². The minimum atomic E-state index is 0.115. The molecule has 0 N–H and O–H groups in total. The Bertz CT molecular complexity index is 1630. The van der Waals surface area contributed by atoms with Crippen LogP contribution in [0.2, 0.25) is 10.0 Å². The Morgan fingerprint density at radius 1 is 0.700 bits per heavy atom. The van der Waals surface area contributed by atoms with Crippen molar-refractivity contribution in [1.82, 2.24) is 0 Å². The molecule has 196 valence electrons. The number of nitrogens with zero attached hydrogens (tertiary/aromatic N) is 3. The molecule has 1 unspecified atom stereocenters. The Balaban J connectivity index is 1.15. The highest BCUT2D eigenvalue weighted by Crippen LogP contribution is 2.37. The van der Waals surface area contributed by atoms with E-state index in [2.05, 4.69) is 70.7 Å². The van der Waals surface area contributed by atoms with Gasteiger partial charge in [0.05, 0.1) is 23.1 Å². The van der Waals surface area contributed by atoms with E-state index in [0.717, 1.165) is 49.6 Å². The number of hydrazone groups is 1. The van der Waals surface area contributed by atoms with Crippen LogP contribution in [0.4, 0.5) is 11.4 Å². The number of hydrogen-bond donors (Lipinski definition) is 0. The zero-order valence-corrected chi connectivity index (χ0v) is 23.8. The summed E-state index contributed by atoms with van der Waals surface area (Å²) >= 11 is 13.9. The first kappa shape index (κ1) is 26.4. The van der Waals surface area contributed by atoms with Gasteiger partial charge in [-0.25, -0.2) is 0 Å². The maximum atomic E-state index is 6.16. The number of rotatable bonds is 7. The number of halogens is 2. The molecule has 0 fully saturated rings. The van der Waals surface area contributed by atoms with E-state index in [1.165, 1.54) is 10.5 Å². The van der Waals surface area contributed by atoms with Crippen LogP contribution in [0.1, 0.15) is 29.2 Å². The third-order valence-electron chi connectivity index (χ3n) is 6.68. The highest BCUT2D eigenvalue weighted by atomic mass is 35.5. The van der Waals surface area contributed by atoms with E-state index in [-0.39, 0.29) is 6.04 Å². The first-order chi connectivity index (χ1) is 19.6. The normalized spacial score (nSPS) is 15.0. The molecule has 40 heavy (non-hydrogen) atoms. The largest absolute Gasteiger partial charge is 0.257 e. The van der Waals surface area contributed by atoms with Gasteiger partial charge in [0.25, 0.3) is 0 Å². The van der Waals surface area contributed by atoms with Crippen LogP contribution < -0.4 is 5.01 Å². The number of benzene rings is 5. The summed E-state index contributed by atoms with van der Waals surface area (Å²) in [6.45, 7) is 0. The summed E-state index contributed by atoms with van der Waals surface area (Å²) in [4.78, 5) is 6.91. The SMILES string of the molecule is Clc1ccc(C=Nc2ccc(Sc3ccc(C4=NN(c5ccccc5)C(c5ccc(Cl)cc5)C4)cc3)cc2)cc1. The molecule has 0 spiro atoms. The molecule has 0 bridgehead atoms. The van der Waals surface area contributed by atoms with Crippen molar-refractivity contribution in [3.8, 4) is 0 Å². The van der Waals surface area contributed by atoms with E-state index in [1.807, 2.05) is 72.9 Å². The van der Waals surface area contributed by atoms with Crippen molar-refractivity contribution in [3.63, 3.8) is 0 Å². The van der Waals surface area contributed by atoms with E-state index in [0.29, 0.717) is 0 Å². The van der Waals surface area contributed by atoms with Crippen molar-refractivity contribution in [2.45, 2.75) is 22.3 Å². The number of aliphatic imine (C=N–C) groups is 1. The van der Waals surface area contributed by atoms with Crippen molar-refractivity contribution in [1.29, 1.82) is 0 Å². The summed E-state index contributed by atoms with van der Waals surface area (Å²) in [6.07, 6.45) is 2.67. The maximum Gasteiger partial charge on any atom is 0.0831 e. The van der Waals surface area contributed by atoms with Crippen molar-refractivity contribution >= 4 is 58.3 Å². The van der Waals surface area contributed by atoms with Crippen LogP contribution in [0.5, 0.6) is 0 Å². The summed E-state index contributed by atoms with van der Waals surface area (Å²) in [5.41, 5.74) is 6.40. The molecule has 1 aliphatic heterocycles. The molecule has 0 aromatic heterocycles. The zero-order chi connectivity index (χ0) is 27.3. The maximum absolute atomic E-state index is 6.16. The van der Waals surface area contributed by atoms with Crippen LogP contribution in [0.3, 0.4) is 0 Å². The molecule has 5 aromatic rings. The lowest BCUT2D eigenvalue weighted by Gasteiger charge is -2.24. The molecule has 1 atom stereocenters. The van der Waals surface area contributed by atoms with Gasteiger partial charge in [-0.1, -0.05) is 89.6 Å². The van der Waals surface area contributed by atoms with Crippen LogP contribution in [0.25, 0.3) is 0 Å². The van der Waals surface area contributed by atoms with Crippen molar-refractivity contribution in [2.75, 3.05) is 5.01 Å². The highest BCUT2D eigenvalue weighted by molar-refractivity contribution is 7.99. The van der Waals surface area contributed by atoms with E-state index in [1.54, 1.807) is 11.8 Å². The lowest BCUT2D eigenvalue weighted by molar-refractivity contribution is 0.709. The summed E-state index contributed by atoms with van der Waals surface area (Å²) in [7, 11) is 0. The first-order valence-electron chi connectivity index (χ1n) is 13.0. The highest BCUT2D eigenvalue weighted by Gasteiger charge is 2.29. The summed E-state index contributed by atoms with van der Waals surface area (Å²) in [5, 5.41) is 8.65. The molecule has 0 saturated carbocycles. The molecular formula is C34H25Cl2N3S. The standard InChI is InChI=1S/C34H25Cl2N3S/c35-27-12-6-24(7-13-27)23-37-29-16-20-32(21-17-29)40-31-18-10-25(11-19-31)33-22-34(26-8-14-28(36)15-9-26)39(38-33)30-4-2-1-3-5-30/h1-21,23,34H,22H2. The summed E-state index contributed by atoms with van der Waals surface area (Å²) < 4.78 is 0. The predicted molar refractivity (Wildman–Crippen MR) is 170 cm³/mol. The van der Waals surface area contributed by atoms with Gasteiger partial charge in [-0.3, -0.25) is 10.0 Å².